The van der Waals surface area contributed by atoms with Gasteiger partial charge in [0.25, 0.3) is 5.91 Å². The maximum Gasteiger partial charge on any atom is 0.337 e. The molecule has 1 heterocycles. The van der Waals surface area contributed by atoms with E-state index in [2.05, 4.69) is 4.74 Å². The highest BCUT2D eigenvalue weighted by atomic mass is 32.2. The molecule has 1 aromatic carbocycles. The van der Waals surface area contributed by atoms with Gasteiger partial charge >= 0.3 is 5.97 Å². The van der Waals surface area contributed by atoms with Crippen molar-refractivity contribution < 1.29 is 34.1 Å². The fourth-order valence-electron chi connectivity index (χ4n) is 2.17. The topological polar surface area (TPSA) is 127 Å². The molecular formula is C16H11NO7S2-2. The smallest absolute Gasteiger partial charge is 0.337 e. The number of hydrogen-bond donors (Lipinski definition) is 0. The van der Waals surface area contributed by atoms with Gasteiger partial charge in [-0.1, -0.05) is 36.1 Å². The highest BCUT2D eigenvalue weighted by molar-refractivity contribution is 8.26. The van der Waals surface area contributed by atoms with Crippen LogP contribution in [0.4, 0.5) is 0 Å². The van der Waals surface area contributed by atoms with Crippen LogP contribution in [0, 0.1) is 0 Å². The summed E-state index contributed by atoms with van der Waals surface area (Å²) in [5.41, 5.74) is 0.881. The summed E-state index contributed by atoms with van der Waals surface area (Å²) in [5, 5.41) is 21.9. The van der Waals surface area contributed by atoms with E-state index in [0.29, 0.717) is 16.0 Å². The highest BCUT2D eigenvalue weighted by Gasteiger charge is 2.37. The number of thioether (sulfide) groups is 1. The number of carbonyl (C=O) groups is 4. The zero-order valence-electron chi connectivity index (χ0n) is 13.3. The van der Waals surface area contributed by atoms with Crippen molar-refractivity contribution >= 4 is 58.2 Å². The zero-order valence-corrected chi connectivity index (χ0v) is 14.9. The van der Waals surface area contributed by atoms with E-state index >= 15 is 0 Å². The zero-order chi connectivity index (χ0) is 19.4. The van der Waals surface area contributed by atoms with Crippen molar-refractivity contribution in [2.24, 2.45) is 0 Å². The van der Waals surface area contributed by atoms with Crippen molar-refractivity contribution in [3.05, 3.63) is 40.3 Å². The molecule has 10 heteroatoms. The lowest BCUT2D eigenvalue weighted by Gasteiger charge is -2.27. The van der Waals surface area contributed by atoms with Crippen molar-refractivity contribution in [2.45, 2.75) is 12.5 Å². The van der Waals surface area contributed by atoms with E-state index in [0.717, 1.165) is 11.8 Å². The SMILES string of the molecule is COC(=O)c1ccc(/C=C2\SC(=S)N([C@@H](CC(=O)[O-])C(=O)[O-])C2=O)cc1. The van der Waals surface area contributed by atoms with Crippen molar-refractivity contribution in [1.82, 2.24) is 4.90 Å². The van der Waals surface area contributed by atoms with Gasteiger partial charge in [0.1, 0.15) is 4.32 Å². The first-order chi connectivity index (χ1) is 12.2. The molecule has 26 heavy (non-hydrogen) atoms. The Balaban J connectivity index is 2.27. The molecule has 2 rings (SSSR count). The van der Waals surface area contributed by atoms with Crippen LogP contribution in [0.1, 0.15) is 22.3 Å². The Morgan fingerprint density at radius 3 is 2.38 bits per heavy atom. The van der Waals surface area contributed by atoms with Crippen molar-refractivity contribution in [3.63, 3.8) is 0 Å². The lowest BCUT2D eigenvalue weighted by Crippen LogP contribution is -2.52. The fraction of sp³-hybridized carbons (Fsp3) is 0.188. The Morgan fingerprint density at radius 2 is 1.88 bits per heavy atom. The Morgan fingerprint density at radius 1 is 1.27 bits per heavy atom. The molecule has 0 saturated carbocycles. The van der Waals surface area contributed by atoms with E-state index in [4.69, 9.17) is 12.2 Å². The van der Waals surface area contributed by atoms with Crippen LogP contribution in [0.15, 0.2) is 29.2 Å². The van der Waals surface area contributed by atoms with E-state index in [9.17, 15) is 29.4 Å². The monoisotopic (exact) mass is 393 g/mol. The Hall–Kier alpha value is -2.72. The third-order valence-electron chi connectivity index (χ3n) is 3.40. The summed E-state index contributed by atoms with van der Waals surface area (Å²) in [5.74, 6) is -4.64. The lowest BCUT2D eigenvalue weighted by molar-refractivity contribution is -0.319. The first kappa shape index (κ1) is 19.6. The number of hydrogen-bond acceptors (Lipinski definition) is 9. The van der Waals surface area contributed by atoms with Crippen LogP contribution in [-0.4, -0.2) is 46.2 Å². The molecule has 1 atom stereocenters. The number of esters is 1. The van der Waals surface area contributed by atoms with Crippen LogP contribution in [0.3, 0.4) is 0 Å². The van der Waals surface area contributed by atoms with Crippen molar-refractivity contribution in [3.8, 4) is 0 Å². The van der Waals surface area contributed by atoms with Gasteiger partial charge < -0.3 is 24.5 Å². The number of carboxylic acids is 2. The Kier molecular flexibility index (Phi) is 6.11. The van der Waals surface area contributed by atoms with Gasteiger partial charge in [-0.2, -0.15) is 0 Å². The van der Waals surface area contributed by atoms with Crippen LogP contribution < -0.4 is 10.2 Å². The third kappa shape index (κ3) is 4.27. The van der Waals surface area contributed by atoms with Gasteiger partial charge in [0.05, 0.1) is 29.6 Å². The number of benzene rings is 1. The van der Waals surface area contributed by atoms with Crippen LogP contribution in [-0.2, 0) is 19.1 Å². The van der Waals surface area contributed by atoms with Gasteiger partial charge in [0, 0.05) is 12.4 Å². The predicted octanol–water partition coefficient (Wildman–Crippen LogP) is -1.07. The number of amides is 1. The molecule has 1 aromatic rings. The number of rotatable bonds is 6. The molecule has 0 spiro atoms. The summed E-state index contributed by atoms with van der Waals surface area (Å²) in [4.78, 5) is 46.6. The summed E-state index contributed by atoms with van der Waals surface area (Å²) < 4.78 is 4.49. The molecular weight excluding hydrogens is 382 g/mol. The van der Waals surface area contributed by atoms with Crippen LogP contribution in [0.25, 0.3) is 6.08 Å². The van der Waals surface area contributed by atoms with Crippen molar-refractivity contribution in [2.75, 3.05) is 7.11 Å². The van der Waals surface area contributed by atoms with Crippen LogP contribution in [0.2, 0.25) is 0 Å². The van der Waals surface area contributed by atoms with Gasteiger partial charge in [-0.05, 0) is 23.8 Å². The fourth-order valence-corrected chi connectivity index (χ4v) is 3.53. The summed E-state index contributed by atoms with van der Waals surface area (Å²) in [6.45, 7) is 0. The molecule has 0 aromatic heterocycles. The van der Waals surface area contributed by atoms with E-state index in [1.807, 2.05) is 0 Å². The predicted molar refractivity (Wildman–Crippen MR) is 91.2 cm³/mol. The molecule has 1 aliphatic rings. The molecule has 1 aliphatic heterocycles. The van der Waals surface area contributed by atoms with Gasteiger partial charge in [0.2, 0.25) is 0 Å². The molecule has 8 nitrogen and oxygen atoms in total. The van der Waals surface area contributed by atoms with E-state index in [1.54, 1.807) is 12.1 Å². The molecule has 0 unspecified atom stereocenters. The summed E-state index contributed by atoms with van der Waals surface area (Å²) in [7, 11) is 1.25. The second-order valence-corrected chi connectivity index (χ2v) is 6.75. The van der Waals surface area contributed by atoms with E-state index < -0.39 is 36.3 Å². The largest absolute Gasteiger partial charge is 0.550 e. The molecule has 0 aliphatic carbocycles. The van der Waals surface area contributed by atoms with E-state index in [-0.39, 0.29) is 9.23 Å². The standard InChI is InChI=1S/C16H13NO7S2/c1-24-15(23)9-4-2-8(3-5-9)6-11-13(20)17(16(25)26-11)10(14(21)22)7-12(18)19/h2-6,10H,7H2,1H3,(H,18,19)(H,21,22)/p-2/b11-6-/t10-/m0/s1. The molecule has 0 N–H and O–H groups in total. The number of carboxylic acid groups (broad SMARTS) is 2. The molecule has 0 bridgehead atoms. The lowest BCUT2D eigenvalue weighted by atomic mass is 10.1. The van der Waals surface area contributed by atoms with Gasteiger partial charge in [-0.3, -0.25) is 9.69 Å². The number of thiocarbonyl (C=S) groups is 1. The quantitative estimate of drug-likeness (QED) is 0.337. The summed E-state index contributed by atoms with van der Waals surface area (Å²) in [6, 6.07) is 4.38. The number of nitrogens with zero attached hydrogens (tertiary/aromatic N) is 1. The first-order valence-corrected chi connectivity index (χ1v) is 8.33. The molecule has 1 saturated heterocycles. The minimum Gasteiger partial charge on any atom is -0.550 e. The minimum atomic E-state index is -1.75. The normalized spacial score (nSPS) is 16.7. The maximum atomic E-state index is 12.4. The second-order valence-electron chi connectivity index (χ2n) is 5.08. The highest BCUT2D eigenvalue weighted by Crippen LogP contribution is 2.34. The first-order valence-electron chi connectivity index (χ1n) is 7.10. The number of ether oxygens (including phenoxy) is 1. The Bertz CT molecular complexity index is 816. The molecule has 1 amide bonds. The molecule has 1 fully saturated rings. The number of carbonyl (C=O) groups excluding carboxylic acids is 4. The average molecular weight is 393 g/mol. The summed E-state index contributed by atoms with van der Waals surface area (Å²) >= 11 is 5.83. The molecule has 0 radical (unpaired) electrons. The van der Waals surface area contributed by atoms with Gasteiger partial charge in [-0.25, -0.2) is 4.79 Å². The number of aliphatic carboxylic acids is 2. The second kappa shape index (κ2) is 8.11. The van der Waals surface area contributed by atoms with E-state index in [1.165, 1.54) is 25.3 Å². The van der Waals surface area contributed by atoms with Crippen LogP contribution in [0.5, 0.6) is 0 Å². The molecule has 136 valence electrons. The Labute approximate surface area is 157 Å². The minimum absolute atomic E-state index is 0.0946. The summed E-state index contributed by atoms with van der Waals surface area (Å²) in [6.07, 6.45) is 0.515. The maximum absolute atomic E-state index is 12.4. The van der Waals surface area contributed by atoms with Gasteiger partial charge in [0.15, 0.2) is 0 Å². The van der Waals surface area contributed by atoms with Crippen LogP contribution >= 0.6 is 24.0 Å². The average Bonchev–Trinajstić information content (AvgIpc) is 2.86. The third-order valence-corrected chi connectivity index (χ3v) is 4.73. The van der Waals surface area contributed by atoms with Crippen molar-refractivity contribution in [1.29, 1.82) is 0 Å². The number of methoxy groups -OCH3 is 1. The van der Waals surface area contributed by atoms with Gasteiger partial charge in [-0.15, -0.1) is 0 Å².